The van der Waals surface area contributed by atoms with Crippen molar-refractivity contribution in [1.29, 1.82) is 0 Å². The standard InChI is InChI=1S/C20H23N3O5S/c1-14-11-15(2)13-22(12-14)29(27,28)19-9-3-16(4-10-19)20(24)21-17-5-7-18(8-6-17)23(25)26/h3-10,14-15H,11-13H2,1-2H3,(H,21,24). The Balaban J connectivity index is 1.72. The van der Waals surface area contributed by atoms with Gasteiger partial charge in [-0.25, -0.2) is 8.42 Å². The number of amides is 1. The molecule has 0 radical (unpaired) electrons. The zero-order valence-corrected chi connectivity index (χ0v) is 17.1. The Labute approximate surface area is 169 Å². The molecule has 8 nitrogen and oxygen atoms in total. The number of non-ortho nitro benzene ring substituents is 1. The average Bonchev–Trinajstić information content (AvgIpc) is 2.67. The summed E-state index contributed by atoms with van der Waals surface area (Å²) in [7, 11) is -3.60. The molecule has 1 aliphatic rings. The maximum atomic E-state index is 12.9. The van der Waals surface area contributed by atoms with E-state index in [1.54, 1.807) is 0 Å². The fourth-order valence-corrected chi connectivity index (χ4v) is 5.28. The molecule has 9 heteroatoms. The van der Waals surface area contributed by atoms with E-state index in [1.807, 2.05) is 13.8 Å². The molecule has 0 aliphatic carbocycles. The molecule has 1 fully saturated rings. The highest BCUT2D eigenvalue weighted by Crippen LogP contribution is 2.27. The van der Waals surface area contributed by atoms with Crippen LogP contribution in [-0.2, 0) is 10.0 Å². The van der Waals surface area contributed by atoms with Crippen LogP contribution in [0.3, 0.4) is 0 Å². The third-order valence-electron chi connectivity index (χ3n) is 4.93. The average molecular weight is 417 g/mol. The molecule has 1 saturated heterocycles. The first-order chi connectivity index (χ1) is 13.7. The van der Waals surface area contributed by atoms with E-state index in [1.165, 1.54) is 52.8 Å². The van der Waals surface area contributed by atoms with Crippen molar-refractivity contribution in [3.63, 3.8) is 0 Å². The second kappa shape index (κ2) is 8.30. The largest absolute Gasteiger partial charge is 0.322 e. The van der Waals surface area contributed by atoms with Gasteiger partial charge in [-0.3, -0.25) is 14.9 Å². The predicted octanol–water partition coefficient (Wildman–Crippen LogP) is 3.51. The number of anilines is 1. The van der Waals surface area contributed by atoms with Crippen molar-refractivity contribution >= 4 is 27.3 Å². The van der Waals surface area contributed by atoms with E-state index in [0.717, 1.165) is 6.42 Å². The van der Waals surface area contributed by atoms with Gasteiger partial charge in [0.1, 0.15) is 0 Å². The van der Waals surface area contributed by atoms with Gasteiger partial charge in [-0.15, -0.1) is 0 Å². The van der Waals surface area contributed by atoms with Crippen molar-refractivity contribution in [2.45, 2.75) is 25.2 Å². The van der Waals surface area contributed by atoms with Gasteiger partial charge in [-0.05, 0) is 54.7 Å². The monoisotopic (exact) mass is 417 g/mol. The first-order valence-electron chi connectivity index (χ1n) is 9.33. The number of nitro benzene ring substituents is 1. The fraction of sp³-hybridized carbons (Fsp3) is 0.350. The number of nitro groups is 1. The van der Waals surface area contributed by atoms with E-state index in [0.29, 0.717) is 36.2 Å². The summed E-state index contributed by atoms with van der Waals surface area (Å²) in [4.78, 5) is 22.7. The summed E-state index contributed by atoms with van der Waals surface area (Å²) in [6.45, 7) is 5.08. The summed E-state index contributed by atoms with van der Waals surface area (Å²) >= 11 is 0. The third kappa shape index (κ3) is 4.80. The highest BCUT2D eigenvalue weighted by atomic mass is 32.2. The lowest BCUT2D eigenvalue weighted by atomic mass is 9.94. The summed E-state index contributed by atoms with van der Waals surface area (Å²) in [6.07, 6.45) is 1.01. The first kappa shape index (κ1) is 20.9. The molecule has 1 N–H and O–H groups in total. The normalized spacial score (nSPS) is 20.2. The third-order valence-corrected chi connectivity index (χ3v) is 6.77. The minimum absolute atomic E-state index is 0.0705. The molecule has 1 aliphatic heterocycles. The maximum Gasteiger partial charge on any atom is 0.269 e. The summed E-state index contributed by atoms with van der Waals surface area (Å²) in [5.74, 6) is 0.184. The lowest BCUT2D eigenvalue weighted by Gasteiger charge is -2.34. The number of benzene rings is 2. The molecule has 0 spiro atoms. The lowest BCUT2D eigenvalue weighted by molar-refractivity contribution is -0.384. The van der Waals surface area contributed by atoms with Crippen molar-refractivity contribution < 1.29 is 18.1 Å². The minimum atomic E-state index is -3.60. The van der Waals surface area contributed by atoms with E-state index < -0.39 is 20.9 Å². The number of sulfonamides is 1. The SMILES string of the molecule is CC1CC(C)CN(S(=O)(=O)c2ccc(C(=O)Nc3ccc([N+](=O)[O-])cc3)cc2)C1. The van der Waals surface area contributed by atoms with Gasteiger partial charge in [0.05, 0.1) is 9.82 Å². The smallest absolute Gasteiger partial charge is 0.269 e. The molecule has 2 aromatic carbocycles. The zero-order chi connectivity index (χ0) is 21.2. The number of nitrogens with one attached hydrogen (secondary N) is 1. The van der Waals surface area contributed by atoms with Gasteiger partial charge in [0.2, 0.25) is 10.0 Å². The van der Waals surface area contributed by atoms with Crippen molar-refractivity contribution in [3.8, 4) is 0 Å². The van der Waals surface area contributed by atoms with Gasteiger partial charge >= 0.3 is 0 Å². The van der Waals surface area contributed by atoms with Crippen molar-refractivity contribution in [2.75, 3.05) is 18.4 Å². The number of rotatable bonds is 5. The number of hydrogen-bond acceptors (Lipinski definition) is 5. The number of nitrogens with zero attached hydrogens (tertiary/aromatic N) is 2. The molecule has 2 unspecified atom stereocenters. The number of hydrogen-bond donors (Lipinski definition) is 1. The van der Waals surface area contributed by atoms with E-state index in [-0.39, 0.29) is 10.6 Å². The van der Waals surface area contributed by atoms with E-state index in [4.69, 9.17) is 0 Å². The summed E-state index contributed by atoms with van der Waals surface area (Å²) in [5.41, 5.74) is 0.634. The Morgan fingerprint density at radius 3 is 2.10 bits per heavy atom. The van der Waals surface area contributed by atoms with Crippen LogP contribution < -0.4 is 5.32 Å². The second-order valence-electron chi connectivity index (χ2n) is 7.55. The Bertz CT molecular complexity index is 993. The van der Waals surface area contributed by atoms with E-state index in [2.05, 4.69) is 5.32 Å². The van der Waals surface area contributed by atoms with Crippen LogP contribution in [0.5, 0.6) is 0 Å². The van der Waals surface area contributed by atoms with Gasteiger partial charge in [0.15, 0.2) is 0 Å². The van der Waals surface area contributed by atoms with Crippen LogP contribution in [-0.4, -0.2) is 36.6 Å². The Kier molecular flexibility index (Phi) is 5.99. The van der Waals surface area contributed by atoms with Crippen LogP contribution in [0.1, 0.15) is 30.6 Å². The second-order valence-corrected chi connectivity index (χ2v) is 9.49. The summed E-state index contributed by atoms with van der Waals surface area (Å²) < 4.78 is 27.3. The maximum absolute atomic E-state index is 12.9. The van der Waals surface area contributed by atoms with Gasteiger partial charge in [-0.1, -0.05) is 13.8 Å². The Morgan fingerprint density at radius 1 is 1.03 bits per heavy atom. The molecular weight excluding hydrogens is 394 g/mol. The number of carbonyl (C=O) groups is 1. The van der Waals surface area contributed by atoms with Crippen LogP contribution in [0.4, 0.5) is 11.4 Å². The molecule has 2 aromatic rings. The van der Waals surface area contributed by atoms with Crippen LogP contribution in [0.15, 0.2) is 53.4 Å². The highest BCUT2D eigenvalue weighted by Gasteiger charge is 2.31. The quantitative estimate of drug-likeness (QED) is 0.591. The molecule has 1 amide bonds. The van der Waals surface area contributed by atoms with Crippen LogP contribution in [0.2, 0.25) is 0 Å². The van der Waals surface area contributed by atoms with Crippen LogP contribution in [0.25, 0.3) is 0 Å². The Hall–Kier alpha value is -2.78. The summed E-state index contributed by atoms with van der Waals surface area (Å²) in [5, 5.41) is 13.3. The van der Waals surface area contributed by atoms with Gasteiger partial charge in [-0.2, -0.15) is 4.31 Å². The molecule has 1 heterocycles. The number of piperidine rings is 1. The summed E-state index contributed by atoms with van der Waals surface area (Å²) in [6, 6.07) is 11.3. The van der Waals surface area contributed by atoms with E-state index in [9.17, 15) is 23.3 Å². The predicted molar refractivity (Wildman–Crippen MR) is 109 cm³/mol. The molecule has 3 rings (SSSR count). The molecule has 0 bridgehead atoms. The topological polar surface area (TPSA) is 110 Å². The first-order valence-corrected chi connectivity index (χ1v) is 10.8. The van der Waals surface area contributed by atoms with Crippen molar-refractivity contribution in [3.05, 3.63) is 64.2 Å². The molecule has 29 heavy (non-hydrogen) atoms. The van der Waals surface area contributed by atoms with Crippen LogP contribution in [0, 0.1) is 22.0 Å². The minimum Gasteiger partial charge on any atom is -0.322 e. The molecule has 154 valence electrons. The van der Waals surface area contributed by atoms with Crippen molar-refractivity contribution in [2.24, 2.45) is 11.8 Å². The van der Waals surface area contributed by atoms with Gasteiger partial charge in [0, 0.05) is 36.5 Å². The highest BCUT2D eigenvalue weighted by molar-refractivity contribution is 7.89. The molecule has 0 saturated carbocycles. The Morgan fingerprint density at radius 2 is 1.59 bits per heavy atom. The molecule has 0 aromatic heterocycles. The lowest BCUT2D eigenvalue weighted by Crippen LogP contribution is -2.42. The molecule has 2 atom stereocenters. The van der Waals surface area contributed by atoms with Crippen molar-refractivity contribution in [1.82, 2.24) is 4.31 Å². The fourth-order valence-electron chi connectivity index (χ4n) is 3.60. The van der Waals surface area contributed by atoms with Gasteiger partial charge in [0.25, 0.3) is 11.6 Å². The van der Waals surface area contributed by atoms with Crippen LogP contribution >= 0.6 is 0 Å². The molecular formula is C20H23N3O5S. The zero-order valence-electron chi connectivity index (χ0n) is 16.2. The number of carbonyl (C=O) groups excluding carboxylic acids is 1. The van der Waals surface area contributed by atoms with E-state index >= 15 is 0 Å². The van der Waals surface area contributed by atoms with Gasteiger partial charge < -0.3 is 5.32 Å².